The maximum absolute atomic E-state index is 13.5. The molecular formula is C20H17FN2O2. The molecule has 0 radical (unpaired) electrons. The predicted octanol–water partition coefficient (Wildman–Crippen LogP) is 3.41. The zero-order valence-corrected chi connectivity index (χ0v) is 13.5. The molecule has 1 aromatic heterocycles. The molecule has 3 aromatic rings. The van der Waals surface area contributed by atoms with Crippen LogP contribution in [0.1, 0.15) is 34.9 Å². The Morgan fingerprint density at radius 3 is 2.60 bits per heavy atom. The Bertz CT molecular complexity index is 1010. The number of halogens is 1. The summed E-state index contributed by atoms with van der Waals surface area (Å²) in [6.07, 6.45) is 1.72. The number of pyridine rings is 1. The van der Waals surface area contributed by atoms with E-state index in [0.29, 0.717) is 23.0 Å². The monoisotopic (exact) mass is 336 g/mol. The standard InChI is InChI=1S/C20H17FN2O2/c21-15-7-6-14-10-18(19(24)22-12-13-4-2-1-3-5-13)23(16-8-9-16)20(25)17(14)11-15/h1-7,10-11,16H,8-9,12H2,(H,22,24). The first kappa shape index (κ1) is 15.6. The second-order valence-electron chi connectivity index (χ2n) is 6.34. The van der Waals surface area contributed by atoms with E-state index in [1.54, 1.807) is 6.07 Å². The molecule has 1 fully saturated rings. The highest BCUT2D eigenvalue weighted by molar-refractivity contribution is 5.96. The lowest BCUT2D eigenvalue weighted by Crippen LogP contribution is -2.32. The number of amides is 1. The summed E-state index contributed by atoms with van der Waals surface area (Å²) in [5.74, 6) is -0.743. The second-order valence-corrected chi connectivity index (χ2v) is 6.34. The van der Waals surface area contributed by atoms with Crippen molar-refractivity contribution in [3.05, 3.63) is 82.0 Å². The number of aromatic nitrogens is 1. The van der Waals surface area contributed by atoms with E-state index in [-0.39, 0.29) is 17.5 Å². The minimum absolute atomic E-state index is 0.0256. The highest BCUT2D eigenvalue weighted by atomic mass is 19.1. The average molecular weight is 336 g/mol. The van der Waals surface area contributed by atoms with Crippen LogP contribution >= 0.6 is 0 Å². The Labute approximate surface area is 143 Å². The minimum atomic E-state index is -0.451. The Kier molecular flexibility index (Phi) is 3.84. The van der Waals surface area contributed by atoms with E-state index >= 15 is 0 Å². The third kappa shape index (κ3) is 3.05. The second kappa shape index (κ2) is 6.16. The van der Waals surface area contributed by atoms with E-state index < -0.39 is 5.82 Å². The molecule has 1 aliphatic carbocycles. The molecule has 0 aliphatic heterocycles. The quantitative estimate of drug-likeness (QED) is 0.794. The summed E-state index contributed by atoms with van der Waals surface area (Å²) in [7, 11) is 0. The SMILES string of the molecule is O=C(NCc1ccccc1)c1cc2ccc(F)cc2c(=O)n1C1CC1. The first-order chi connectivity index (χ1) is 12.1. The first-order valence-electron chi connectivity index (χ1n) is 8.30. The van der Waals surface area contributed by atoms with Gasteiger partial charge < -0.3 is 9.88 Å². The zero-order chi connectivity index (χ0) is 17.4. The van der Waals surface area contributed by atoms with Crippen LogP contribution in [0.5, 0.6) is 0 Å². The molecule has 4 rings (SSSR count). The van der Waals surface area contributed by atoms with Gasteiger partial charge in [0.2, 0.25) is 0 Å². The fraction of sp³-hybridized carbons (Fsp3) is 0.200. The molecule has 25 heavy (non-hydrogen) atoms. The highest BCUT2D eigenvalue weighted by Crippen LogP contribution is 2.35. The summed E-state index contributed by atoms with van der Waals surface area (Å²) < 4.78 is 15.0. The molecule has 1 amide bonds. The maximum atomic E-state index is 13.5. The average Bonchev–Trinajstić information content (AvgIpc) is 3.46. The van der Waals surface area contributed by atoms with E-state index in [4.69, 9.17) is 0 Å². The molecule has 0 unspecified atom stereocenters. The fourth-order valence-corrected chi connectivity index (χ4v) is 3.03. The van der Waals surface area contributed by atoms with Crippen LogP contribution in [0.2, 0.25) is 0 Å². The largest absolute Gasteiger partial charge is 0.347 e. The number of hydrogen-bond donors (Lipinski definition) is 1. The van der Waals surface area contributed by atoms with Crippen molar-refractivity contribution in [2.45, 2.75) is 25.4 Å². The van der Waals surface area contributed by atoms with E-state index in [1.165, 1.54) is 22.8 Å². The lowest BCUT2D eigenvalue weighted by Gasteiger charge is -2.14. The molecule has 0 saturated heterocycles. The van der Waals surface area contributed by atoms with Crippen molar-refractivity contribution in [1.29, 1.82) is 0 Å². The third-order valence-corrected chi connectivity index (χ3v) is 4.46. The van der Waals surface area contributed by atoms with Gasteiger partial charge in [-0.25, -0.2) is 4.39 Å². The Morgan fingerprint density at radius 2 is 1.88 bits per heavy atom. The van der Waals surface area contributed by atoms with E-state index in [1.807, 2.05) is 30.3 Å². The molecule has 1 aliphatic rings. The lowest BCUT2D eigenvalue weighted by molar-refractivity contribution is 0.0940. The van der Waals surface area contributed by atoms with Crippen molar-refractivity contribution in [1.82, 2.24) is 9.88 Å². The molecule has 0 bridgehead atoms. The number of fused-ring (bicyclic) bond motifs is 1. The normalized spacial score (nSPS) is 13.8. The van der Waals surface area contributed by atoms with Crippen molar-refractivity contribution in [3.63, 3.8) is 0 Å². The Hall–Kier alpha value is -2.95. The number of benzene rings is 2. The van der Waals surface area contributed by atoms with Crippen molar-refractivity contribution in [2.24, 2.45) is 0 Å². The van der Waals surface area contributed by atoms with Gasteiger partial charge in [0.1, 0.15) is 11.5 Å². The Morgan fingerprint density at radius 1 is 1.12 bits per heavy atom. The highest BCUT2D eigenvalue weighted by Gasteiger charge is 2.29. The van der Waals surface area contributed by atoms with E-state index in [9.17, 15) is 14.0 Å². The van der Waals surface area contributed by atoms with Crippen molar-refractivity contribution >= 4 is 16.7 Å². The summed E-state index contributed by atoms with van der Waals surface area (Å²) >= 11 is 0. The van der Waals surface area contributed by atoms with E-state index in [2.05, 4.69) is 5.32 Å². The van der Waals surface area contributed by atoms with Gasteiger partial charge in [-0.3, -0.25) is 9.59 Å². The number of carbonyl (C=O) groups is 1. The van der Waals surface area contributed by atoms with Crippen LogP contribution in [-0.4, -0.2) is 10.5 Å². The van der Waals surface area contributed by atoms with Crippen LogP contribution in [0, 0.1) is 5.82 Å². The molecule has 1 N–H and O–H groups in total. The van der Waals surface area contributed by atoms with Crippen LogP contribution < -0.4 is 10.9 Å². The third-order valence-electron chi connectivity index (χ3n) is 4.46. The topological polar surface area (TPSA) is 51.1 Å². The molecule has 4 nitrogen and oxygen atoms in total. The lowest BCUT2D eigenvalue weighted by atomic mass is 10.1. The summed E-state index contributed by atoms with van der Waals surface area (Å²) in [4.78, 5) is 25.5. The fourth-order valence-electron chi connectivity index (χ4n) is 3.03. The summed E-state index contributed by atoms with van der Waals surface area (Å²) in [5.41, 5.74) is 1.02. The number of rotatable bonds is 4. The van der Waals surface area contributed by atoms with Crippen molar-refractivity contribution in [2.75, 3.05) is 0 Å². The van der Waals surface area contributed by atoms with Crippen molar-refractivity contribution in [3.8, 4) is 0 Å². The number of carbonyl (C=O) groups excluding carboxylic acids is 1. The number of hydrogen-bond acceptors (Lipinski definition) is 2. The van der Waals surface area contributed by atoms with E-state index in [0.717, 1.165) is 18.4 Å². The van der Waals surface area contributed by atoms with Gasteiger partial charge in [0.15, 0.2) is 0 Å². The number of nitrogens with one attached hydrogen (secondary N) is 1. The minimum Gasteiger partial charge on any atom is -0.347 e. The smallest absolute Gasteiger partial charge is 0.268 e. The van der Waals surface area contributed by atoms with Crippen LogP contribution in [0.25, 0.3) is 10.8 Å². The van der Waals surface area contributed by atoms with Gasteiger partial charge in [-0.1, -0.05) is 36.4 Å². The van der Waals surface area contributed by atoms with Gasteiger partial charge in [0.25, 0.3) is 11.5 Å². The molecule has 0 atom stereocenters. The van der Waals surface area contributed by atoms with Gasteiger partial charge in [0, 0.05) is 12.6 Å². The first-order valence-corrected chi connectivity index (χ1v) is 8.30. The van der Waals surface area contributed by atoms with Crippen LogP contribution in [-0.2, 0) is 6.54 Å². The van der Waals surface area contributed by atoms with Crippen LogP contribution in [0.4, 0.5) is 4.39 Å². The van der Waals surface area contributed by atoms with Gasteiger partial charge in [0.05, 0.1) is 5.39 Å². The number of nitrogens with zero attached hydrogens (tertiary/aromatic N) is 1. The van der Waals surface area contributed by atoms with Crippen LogP contribution in [0.15, 0.2) is 59.4 Å². The Balaban J connectivity index is 1.73. The van der Waals surface area contributed by atoms with Crippen LogP contribution in [0.3, 0.4) is 0 Å². The predicted molar refractivity (Wildman–Crippen MR) is 94.0 cm³/mol. The zero-order valence-electron chi connectivity index (χ0n) is 13.5. The molecule has 1 saturated carbocycles. The molecule has 1 heterocycles. The summed E-state index contributed by atoms with van der Waals surface area (Å²) in [6.45, 7) is 0.389. The maximum Gasteiger partial charge on any atom is 0.268 e. The molecule has 0 spiro atoms. The molecule has 2 aromatic carbocycles. The molecule has 5 heteroatoms. The van der Waals surface area contributed by atoms with Gasteiger partial charge >= 0.3 is 0 Å². The molecule has 126 valence electrons. The van der Waals surface area contributed by atoms with Crippen molar-refractivity contribution < 1.29 is 9.18 Å². The summed E-state index contributed by atoms with van der Waals surface area (Å²) in [5, 5.41) is 3.76. The summed E-state index contributed by atoms with van der Waals surface area (Å²) in [6, 6.07) is 15.4. The van der Waals surface area contributed by atoms with Gasteiger partial charge in [-0.05, 0) is 42.0 Å². The molecular weight excluding hydrogens is 319 g/mol. The van der Waals surface area contributed by atoms with Gasteiger partial charge in [-0.15, -0.1) is 0 Å². The van der Waals surface area contributed by atoms with Gasteiger partial charge in [-0.2, -0.15) is 0 Å².